The summed E-state index contributed by atoms with van der Waals surface area (Å²) in [5.41, 5.74) is -0.230. The standard InChI is InChI=1S/C15H17NO5/c1-10-4-2-3-5-11(10)9-21-14-8-12(16(19)20)6-7-13(14)15(17)18/h2-3,6-8,10-11H,4-5,9H2,1H3,(H,17,18). The highest BCUT2D eigenvalue weighted by Gasteiger charge is 2.21. The molecule has 2 atom stereocenters. The van der Waals surface area contributed by atoms with Crippen molar-refractivity contribution in [1.82, 2.24) is 0 Å². The van der Waals surface area contributed by atoms with Crippen molar-refractivity contribution >= 4 is 11.7 Å². The van der Waals surface area contributed by atoms with Gasteiger partial charge >= 0.3 is 5.97 Å². The molecule has 0 radical (unpaired) electrons. The van der Waals surface area contributed by atoms with Crippen molar-refractivity contribution < 1.29 is 19.6 Å². The van der Waals surface area contributed by atoms with Gasteiger partial charge in [0, 0.05) is 6.07 Å². The molecule has 2 unspecified atom stereocenters. The van der Waals surface area contributed by atoms with Crippen LogP contribution in [0.15, 0.2) is 30.4 Å². The van der Waals surface area contributed by atoms with Crippen molar-refractivity contribution in [3.8, 4) is 5.75 Å². The molecule has 6 nitrogen and oxygen atoms in total. The van der Waals surface area contributed by atoms with Gasteiger partial charge in [-0.15, -0.1) is 0 Å². The number of nitrogens with zero attached hydrogens (tertiary/aromatic N) is 1. The van der Waals surface area contributed by atoms with Crippen LogP contribution < -0.4 is 4.74 Å². The molecule has 1 aliphatic carbocycles. The first-order chi connectivity index (χ1) is 9.99. The first kappa shape index (κ1) is 15.0. The molecular formula is C15H17NO5. The van der Waals surface area contributed by atoms with Crippen molar-refractivity contribution in [2.45, 2.75) is 19.8 Å². The molecule has 0 fully saturated rings. The first-order valence-corrected chi connectivity index (χ1v) is 6.78. The number of hydrogen-bond acceptors (Lipinski definition) is 4. The van der Waals surface area contributed by atoms with Crippen LogP contribution >= 0.6 is 0 Å². The van der Waals surface area contributed by atoms with E-state index in [0.29, 0.717) is 12.5 Å². The Morgan fingerprint density at radius 1 is 1.43 bits per heavy atom. The third kappa shape index (κ3) is 3.59. The largest absolute Gasteiger partial charge is 0.492 e. The molecule has 6 heteroatoms. The average Bonchev–Trinajstić information content (AvgIpc) is 2.46. The van der Waals surface area contributed by atoms with E-state index in [2.05, 4.69) is 19.1 Å². The Hall–Kier alpha value is -2.37. The van der Waals surface area contributed by atoms with Crippen molar-refractivity contribution in [2.24, 2.45) is 11.8 Å². The number of nitro benzene ring substituents is 1. The van der Waals surface area contributed by atoms with E-state index in [-0.39, 0.29) is 22.9 Å². The Labute approximate surface area is 122 Å². The number of hydrogen-bond donors (Lipinski definition) is 1. The molecule has 0 amide bonds. The van der Waals surface area contributed by atoms with Crippen LogP contribution in [0.2, 0.25) is 0 Å². The molecule has 1 aliphatic rings. The smallest absolute Gasteiger partial charge is 0.339 e. The molecule has 21 heavy (non-hydrogen) atoms. The molecule has 112 valence electrons. The molecule has 1 aromatic carbocycles. The van der Waals surface area contributed by atoms with Gasteiger partial charge in [0.05, 0.1) is 17.6 Å². The van der Waals surface area contributed by atoms with Gasteiger partial charge in [0.1, 0.15) is 11.3 Å². The van der Waals surface area contributed by atoms with Crippen LogP contribution in [0.5, 0.6) is 5.75 Å². The first-order valence-electron chi connectivity index (χ1n) is 6.78. The number of carboxylic acid groups (broad SMARTS) is 1. The number of non-ortho nitro benzene ring substituents is 1. The number of ether oxygens (including phenoxy) is 1. The lowest BCUT2D eigenvalue weighted by atomic mass is 9.85. The van der Waals surface area contributed by atoms with Crippen molar-refractivity contribution in [3.05, 3.63) is 46.0 Å². The minimum absolute atomic E-state index is 0.0541. The average molecular weight is 291 g/mol. The second kappa shape index (κ2) is 6.39. The van der Waals surface area contributed by atoms with E-state index in [1.165, 1.54) is 18.2 Å². The van der Waals surface area contributed by atoms with E-state index < -0.39 is 10.9 Å². The number of carboxylic acids is 1. The fraction of sp³-hybridized carbons (Fsp3) is 0.400. The van der Waals surface area contributed by atoms with E-state index in [9.17, 15) is 14.9 Å². The van der Waals surface area contributed by atoms with Crippen LogP contribution in [-0.4, -0.2) is 22.6 Å². The van der Waals surface area contributed by atoms with Gasteiger partial charge in [-0.2, -0.15) is 0 Å². The fourth-order valence-corrected chi connectivity index (χ4v) is 2.36. The molecule has 0 saturated heterocycles. The number of benzene rings is 1. The minimum atomic E-state index is -1.16. The molecule has 0 aliphatic heterocycles. The maximum Gasteiger partial charge on any atom is 0.339 e. The molecule has 0 aromatic heterocycles. The summed E-state index contributed by atoms with van der Waals surface area (Å²) in [5.74, 6) is -0.368. The highest BCUT2D eigenvalue weighted by Crippen LogP contribution is 2.29. The second-order valence-corrected chi connectivity index (χ2v) is 5.23. The van der Waals surface area contributed by atoms with E-state index in [1.54, 1.807) is 0 Å². The van der Waals surface area contributed by atoms with Gasteiger partial charge in [0.25, 0.3) is 5.69 Å². The maximum absolute atomic E-state index is 11.2. The van der Waals surface area contributed by atoms with Crippen LogP contribution in [0, 0.1) is 22.0 Å². The maximum atomic E-state index is 11.2. The summed E-state index contributed by atoms with van der Waals surface area (Å²) >= 11 is 0. The van der Waals surface area contributed by atoms with Crippen LogP contribution in [0.1, 0.15) is 30.1 Å². The summed E-state index contributed by atoms with van der Waals surface area (Å²) in [7, 11) is 0. The van der Waals surface area contributed by atoms with Crippen molar-refractivity contribution in [1.29, 1.82) is 0 Å². The SMILES string of the molecule is CC1CC=CCC1COc1cc([N+](=O)[O-])ccc1C(=O)O. The van der Waals surface area contributed by atoms with E-state index in [0.717, 1.165) is 12.8 Å². The molecular weight excluding hydrogens is 274 g/mol. The van der Waals surface area contributed by atoms with Gasteiger partial charge in [0.15, 0.2) is 0 Å². The Morgan fingerprint density at radius 2 is 2.14 bits per heavy atom. The zero-order chi connectivity index (χ0) is 15.4. The molecule has 0 spiro atoms. The normalized spacial score (nSPS) is 21.0. The molecule has 1 aromatic rings. The summed E-state index contributed by atoms with van der Waals surface area (Å²) in [6.45, 7) is 2.47. The minimum Gasteiger partial charge on any atom is -0.492 e. The topological polar surface area (TPSA) is 89.7 Å². The van der Waals surface area contributed by atoms with Crippen molar-refractivity contribution in [3.63, 3.8) is 0 Å². The molecule has 2 rings (SSSR count). The monoisotopic (exact) mass is 291 g/mol. The lowest BCUT2D eigenvalue weighted by Gasteiger charge is -2.25. The van der Waals surface area contributed by atoms with E-state index >= 15 is 0 Å². The third-order valence-corrected chi connectivity index (χ3v) is 3.78. The molecule has 1 N–H and O–H groups in total. The summed E-state index contributed by atoms with van der Waals surface area (Å²) in [6, 6.07) is 3.55. The van der Waals surface area contributed by atoms with E-state index in [1.807, 2.05) is 0 Å². The van der Waals surface area contributed by atoms with Gasteiger partial charge in [0.2, 0.25) is 0 Å². The van der Waals surface area contributed by atoms with Crippen LogP contribution in [0.3, 0.4) is 0 Å². The fourth-order valence-electron chi connectivity index (χ4n) is 2.36. The van der Waals surface area contributed by atoms with Crippen LogP contribution in [-0.2, 0) is 0 Å². The predicted octanol–water partition coefficient (Wildman–Crippen LogP) is 3.27. The van der Waals surface area contributed by atoms with E-state index in [4.69, 9.17) is 9.84 Å². The predicted molar refractivity (Wildman–Crippen MR) is 76.6 cm³/mol. The molecule has 0 heterocycles. The number of allylic oxidation sites excluding steroid dienone is 2. The number of rotatable bonds is 5. The lowest BCUT2D eigenvalue weighted by Crippen LogP contribution is -2.21. The molecule has 0 saturated carbocycles. The Morgan fingerprint density at radius 3 is 2.76 bits per heavy atom. The lowest BCUT2D eigenvalue weighted by molar-refractivity contribution is -0.384. The summed E-state index contributed by atoms with van der Waals surface area (Å²) < 4.78 is 5.58. The van der Waals surface area contributed by atoms with Crippen LogP contribution in [0.4, 0.5) is 5.69 Å². The zero-order valence-electron chi connectivity index (χ0n) is 11.7. The third-order valence-electron chi connectivity index (χ3n) is 3.78. The number of carbonyl (C=O) groups is 1. The highest BCUT2D eigenvalue weighted by atomic mass is 16.6. The number of aromatic carboxylic acids is 1. The van der Waals surface area contributed by atoms with Crippen LogP contribution in [0.25, 0.3) is 0 Å². The quantitative estimate of drug-likeness (QED) is 0.511. The summed E-state index contributed by atoms with van der Waals surface area (Å²) in [6.07, 6.45) is 6.05. The zero-order valence-corrected chi connectivity index (χ0v) is 11.7. The van der Waals surface area contributed by atoms with Gasteiger partial charge < -0.3 is 9.84 Å². The Balaban J connectivity index is 2.17. The summed E-state index contributed by atoms with van der Waals surface area (Å²) in [4.78, 5) is 21.4. The Bertz CT molecular complexity index is 581. The highest BCUT2D eigenvalue weighted by molar-refractivity contribution is 5.91. The molecule has 0 bridgehead atoms. The number of nitro groups is 1. The second-order valence-electron chi connectivity index (χ2n) is 5.23. The van der Waals surface area contributed by atoms with Gasteiger partial charge in [-0.05, 0) is 30.7 Å². The summed E-state index contributed by atoms with van der Waals surface area (Å²) in [5, 5.41) is 19.9. The van der Waals surface area contributed by atoms with Gasteiger partial charge in [-0.25, -0.2) is 4.79 Å². The van der Waals surface area contributed by atoms with Crippen molar-refractivity contribution in [2.75, 3.05) is 6.61 Å². The van der Waals surface area contributed by atoms with Gasteiger partial charge in [-0.3, -0.25) is 10.1 Å². The van der Waals surface area contributed by atoms with Gasteiger partial charge in [-0.1, -0.05) is 19.1 Å². The Kier molecular flexibility index (Phi) is 4.57.